The van der Waals surface area contributed by atoms with Gasteiger partial charge in [-0.2, -0.15) is 0 Å². The number of carbonyl (C=O) groups is 1. The predicted molar refractivity (Wildman–Crippen MR) is 93.6 cm³/mol. The van der Waals surface area contributed by atoms with Crippen molar-refractivity contribution in [3.05, 3.63) is 63.8 Å². The highest BCUT2D eigenvalue weighted by Gasteiger charge is 2.16. The smallest absolute Gasteiger partial charge is 0.407 e. The zero-order valence-corrected chi connectivity index (χ0v) is 14.1. The summed E-state index contributed by atoms with van der Waals surface area (Å²) in [5.74, 6) is 5.50. The molecule has 8 heteroatoms. The molecule has 0 fully saturated rings. The molecule has 0 atom stereocenters. The summed E-state index contributed by atoms with van der Waals surface area (Å²) in [6.07, 6.45) is 1.22. The molecular weight excluding hydrogens is 338 g/mol. The lowest BCUT2D eigenvalue weighted by Crippen LogP contribution is -2.24. The van der Waals surface area contributed by atoms with E-state index in [1.54, 1.807) is 0 Å². The molecule has 0 aliphatic rings. The van der Waals surface area contributed by atoms with Gasteiger partial charge in [0.15, 0.2) is 0 Å². The van der Waals surface area contributed by atoms with Crippen molar-refractivity contribution >= 4 is 11.8 Å². The van der Waals surface area contributed by atoms with E-state index in [2.05, 4.69) is 22.1 Å². The van der Waals surface area contributed by atoms with Gasteiger partial charge in [-0.3, -0.25) is 10.1 Å². The van der Waals surface area contributed by atoms with Crippen LogP contribution in [0.2, 0.25) is 0 Å². The number of benzene rings is 1. The van der Waals surface area contributed by atoms with Crippen LogP contribution >= 0.6 is 0 Å². The van der Waals surface area contributed by atoms with Gasteiger partial charge in [0, 0.05) is 30.8 Å². The lowest BCUT2D eigenvalue weighted by molar-refractivity contribution is -0.386. The first kappa shape index (κ1) is 18.7. The van der Waals surface area contributed by atoms with Gasteiger partial charge in [0.2, 0.25) is 0 Å². The Morgan fingerprint density at radius 1 is 1.35 bits per heavy atom. The number of methoxy groups -OCH3 is 1. The molecule has 0 aliphatic heterocycles. The largest absolute Gasteiger partial charge is 0.476 e. The summed E-state index contributed by atoms with van der Waals surface area (Å²) in [5, 5.41) is 13.5. The lowest BCUT2D eigenvalue weighted by Gasteiger charge is -2.05. The van der Waals surface area contributed by atoms with Crippen LogP contribution in [0.25, 0.3) is 0 Å². The van der Waals surface area contributed by atoms with Crippen LogP contribution in [0, 0.1) is 22.0 Å². The average Bonchev–Trinajstić information content (AvgIpc) is 2.66. The molecule has 0 saturated heterocycles. The van der Waals surface area contributed by atoms with Gasteiger partial charge in [-0.05, 0) is 5.56 Å². The Labute approximate surface area is 150 Å². The highest BCUT2D eigenvalue weighted by atomic mass is 16.6. The molecule has 0 unspecified atom stereocenters. The van der Waals surface area contributed by atoms with Crippen LogP contribution in [-0.4, -0.2) is 29.7 Å². The molecule has 2 rings (SSSR count). The van der Waals surface area contributed by atoms with E-state index >= 15 is 0 Å². The van der Waals surface area contributed by atoms with Crippen molar-refractivity contribution in [2.75, 3.05) is 13.7 Å². The Bertz CT molecular complexity index is 828. The first-order valence-electron chi connectivity index (χ1n) is 7.72. The van der Waals surface area contributed by atoms with Gasteiger partial charge in [0.25, 0.3) is 5.88 Å². The number of ether oxygens (including phenoxy) is 2. The molecule has 1 heterocycles. The van der Waals surface area contributed by atoms with Crippen LogP contribution in [-0.2, 0) is 11.3 Å². The van der Waals surface area contributed by atoms with Crippen LogP contribution in [0.4, 0.5) is 10.5 Å². The number of hydrogen-bond acceptors (Lipinski definition) is 6. The van der Waals surface area contributed by atoms with E-state index in [9.17, 15) is 14.9 Å². The summed E-state index contributed by atoms with van der Waals surface area (Å²) in [6.45, 7) is 0.492. The van der Waals surface area contributed by atoms with Crippen molar-refractivity contribution in [3.8, 4) is 17.7 Å². The number of hydrogen-bond donors (Lipinski definition) is 1. The van der Waals surface area contributed by atoms with Crippen LogP contribution < -0.4 is 10.1 Å². The van der Waals surface area contributed by atoms with E-state index in [-0.39, 0.29) is 18.2 Å². The van der Waals surface area contributed by atoms with Crippen LogP contribution in [0.1, 0.15) is 17.5 Å². The monoisotopic (exact) mass is 355 g/mol. The molecule has 0 aliphatic carbocycles. The maximum atomic E-state index is 11.6. The fraction of sp³-hybridized carbons (Fsp3) is 0.222. The number of nitrogens with one attached hydrogen (secondary N) is 1. The summed E-state index contributed by atoms with van der Waals surface area (Å²) in [7, 11) is 1.31. The van der Waals surface area contributed by atoms with Gasteiger partial charge >= 0.3 is 11.8 Å². The average molecular weight is 355 g/mol. The maximum absolute atomic E-state index is 11.6. The van der Waals surface area contributed by atoms with Crippen molar-refractivity contribution in [1.82, 2.24) is 10.3 Å². The van der Waals surface area contributed by atoms with Crippen molar-refractivity contribution in [2.45, 2.75) is 13.0 Å². The first-order chi connectivity index (χ1) is 12.6. The lowest BCUT2D eigenvalue weighted by atomic mass is 10.2. The second-order valence-electron chi connectivity index (χ2n) is 5.05. The third kappa shape index (κ3) is 5.79. The number of nitrogens with zero attached hydrogens (tertiary/aromatic N) is 2. The molecule has 1 N–H and O–H groups in total. The molecule has 0 spiro atoms. The molecule has 2 aromatic rings. The zero-order chi connectivity index (χ0) is 18.8. The summed E-state index contributed by atoms with van der Waals surface area (Å²) >= 11 is 0. The topological polar surface area (TPSA) is 104 Å². The summed E-state index contributed by atoms with van der Waals surface area (Å²) in [4.78, 5) is 25.7. The van der Waals surface area contributed by atoms with Crippen LogP contribution in [0.3, 0.4) is 0 Å². The Morgan fingerprint density at radius 2 is 2.12 bits per heavy atom. The van der Waals surface area contributed by atoms with Gasteiger partial charge in [0.1, 0.15) is 6.61 Å². The number of rotatable bonds is 6. The van der Waals surface area contributed by atoms with Gasteiger partial charge in [-0.15, -0.1) is 0 Å². The fourth-order valence-corrected chi connectivity index (χ4v) is 1.96. The summed E-state index contributed by atoms with van der Waals surface area (Å²) < 4.78 is 9.89. The minimum atomic E-state index is -0.582. The van der Waals surface area contributed by atoms with Gasteiger partial charge < -0.3 is 14.8 Å². The van der Waals surface area contributed by atoms with E-state index in [1.165, 1.54) is 19.4 Å². The minimum absolute atomic E-state index is 0.0663. The zero-order valence-electron chi connectivity index (χ0n) is 14.1. The Balaban J connectivity index is 1.77. The third-order valence-electron chi connectivity index (χ3n) is 3.19. The SMILES string of the molecule is COc1ncc(C#CCCNC(=O)OCc2ccccc2)cc1[N+](=O)[O-]. The van der Waals surface area contributed by atoms with E-state index in [4.69, 9.17) is 9.47 Å². The van der Waals surface area contributed by atoms with Crippen LogP contribution in [0.5, 0.6) is 5.88 Å². The van der Waals surface area contributed by atoms with E-state index in [0.717, 1.165) is 5.56 Å². The number of carbonyl (C=O) groups excluding carboxylic acids is 1. The minimum Gasteiger partial charge on any atom is -0.476 e. The van der Waals surface area contributed by atoms with Crippen molar-refractivity contribution in [1.29, 1.82) is 0 Å². The Hall–Kier alpha value is -3.60. The number of pyridine rings is 1. The van der Waals surface area contributed by atoms with Gasteiger partial charge in [-0.25, -0.2) is 9.78 Å². The second kappa shape index (κ2) is 9.64. The number of alkyl carbamates (subject to hydrolysis) is 1. The number of amides is 1. The molecule has 0 saturated carbocycles. The third-order valence-corrected chi connectivity index (χ3v) is 3.19. The predicted octanol–water partition coefficient (Wildman–Crippen LogP) is 2.67. The number of nitro groups is 1. The summed E-state index contributed by atoms with van der Waals surface area (Å²) in [5.41, 5.74) is 1.04. The Kier molecular flexibility index (Phi) is 6.94. The van der Waals surface area contributed by atoms with Crippen molar-refractivity contribution < 1.29 is 19.2 Å². The normalized spacial score (nSPS) is 9.58. The molecule has 0 radical (unpaired) electrons. The maximum Gasteiger partial charge on any atom is 0.407 e. The molecule has 26 heavy (non-hydrogen) atoms. The van der Waals surface area contributed by atoms with Crippen LogP contribution in [0.15, 0.2) is 42.6 Å². The van der Waals surface area contributed by atoms with Gasteiger partial charge in [0.05, 0.1) is 12.0 Å². The van der Waals surface area contributed by atoms with Crippen molar-refractivity contribution in [2.24, 2.45) is 0 Å². The highest BCUT2D eigenvalue weighted by molar-refractivity contribution is 5.67. The molecule has 1 amide bonds. The standard InChI is InChI=1S/C18H17N3O5/c1-25-17-16(21(23)24)11-15(12-20-17)9-5-6-10-19-18(22)26-13-14-7-3-2-4-8-14/h2-4,7-8,11-12H,6,10,13H2,1H3,(H,19,22). The molecule has 134 valence electrons. The molecule has 1 aromatic carbocycles. The summed E-state index contributed by atoms with van der Waals surface area (Å²) in [6, 6.07) is 10.6. The molecule has 8 nitrogen and oxygen atoms in total. The highest BCUT2D eigenvalue weighted by Crippen LogP contribution is 2.23. The van der Waals surface area contributed by atoms with E-state index in [1.807, 2.05) is 30.3 Å². The van der Waals surface area contributed by atoms with Gasteiger partial charge in [-0.1, -0.05) is 42.2 Å². The fourth-order valence-electron chi connectivity index (χ4n) is 1.96. The first-order valence-corrected chi connectivity index (χ1v) is 7.72. The van der Waals surface area contributed by atoms with E-state index in [0.29, 0.717) is 18.5 Å². The second-order valence-corrected chi connectivity index (χ2v) is 5.05. The quantitative estimate of drug-likeness (QED) is 0.370. The molecular formula is C18H17N3O5. The molecule has 1 aromatic heterocycles. The number of aromatic nitrogens is 1. The molecule has 0 bridgehead atoms. The Morgan fingerprint density at radius 3 is 2.81 bits per heavy atom. The van der Waals surface area contributed by atoms with E-state index < -0.39 is 11.0 Å². The van der Waals surface area contributed by atoms with Crippen molar-refractivity contribution in [3.63, 3.8) is 0 Å².